The fourth-order valence-corrected chi connectivity index (χ4v) is 12.6. The molecule has 5 aliphatic rings. The van der Waals surface area contributed by atoms with Crippen molar-refractivity contribution in [1.29, 1.82) is 0 Å². The molecule has 1 unspecified atom stereocenters. The maximum absolute atomic E-state index is 14.0. The van der Waals surface area contributed by atoms with E-state index >= 15 is 0 Å². The number of rotatable bonds is 7. The number of pyridine rings is 1. The van der Waals surface area contributed by atoms with E-state index in [1.165, 1.54) is 5.57 Å². The van der Waals surface area contributed by atoms with E-state index in [9.17, 15) is 24.3 Å². The summed E-state index contributed by atoms with van der Waals surface area (Å²) in [5, 5.41) is 13.1. The Labute approximate surface area is 299 Å². The van der Waals surface area contributed by atoms with Crippen LogP contribution in [-0.4, -0.2) is 45.4 Å². The summed E-state index contributed by atoms with van der Waals surface area (Å²) in [5.41, 5.74) is 1.37. The molecule has 0 spiro atoms. The van der Waals surface area contributed by atoms with Gasteiger partial charge in [-0.05, 0) is 135 Å². The van der Waals surface area contributed by atoms with Crippen LogP contribution in [0.1, 0.15) is 143 Å². The van der Waals surface area contributed by atoms with E-state index < -0.39 is 22.9 Å². The van der Waals surface area contributed by atoms with E-state index in [1.54, 1.807) is 26.1 Å². The number of carboxylic acid groups (broad SMARTS) is 1. The fourth-order valence-electron chi connectivity index (χ4n) is 12.6. The van der Waals surface area contributed by atoms with E-state index in [4.69, 9.17) is 4.74 Å². The number of nitrogens with zero attached hydrogens (tertiary/aromatic N) is 1. The number of fused-ring (bicyclic) bond motifs is 7. The van der Waals surface area contributed by atoms with E-state index in [2.05, 4.69) is 58.8 Å². The second-order valence-corrected chi connectivity index (χ2v) is 19.1. The van der Waals surface area contributed by atoms with Crippen LogP contribution in [-0.2, 0) is 19.1 Å². The number of ketones is 1. The van der Waals surface area contributed by atoms with Gasteiger partial charge in [0, 0.05) is 23.7 Å². The van der Waals surface area contributed by atoms with E-state index in [0.717, 1.165) is 56.9 Å². The van der Waals surface area contributed by atoms with Gasteiger partial charge in [0.25, 0.3) is 5.91 Å². The first-order chi connectivity index (χ1) is 23.1. The highest BCUT2D eigenvalue weighted by atomic mass is 16.5. The molecular formula is C42H60N2O6. The minimum Gasteiger partial charge on any atom is -0.481 e. The molecule has 1 heterocycles. The predicted molar refractivity (Wildman–Crippen MR) is 192 cm³/mol. The lowest BCUT2D eigenvalue weighted by molar-refractivity contribution is -0.232. The number of carboxylic acids is 1. The number of carbonyl (C=O) groups is 4. The molecule has 4 fully saturated rings. The highest BCUT2D eigenvalue weighted by Gasteiger charge is 2.70. The van der Waals surface area contributed by atoms with Crippen molar-refractivity contribution in [2.24, 2.45) is 50.7 Å². The van der Waals surface area contributed by atoms with Gasteiger partial charge in [0.1, 0.15) is 6.10 Å². The molecule has 5 aliphatic carbocycles. The van der Waals surface area contributed by atoms with Crippen molar-refractivity contribution in [1.82, 2.24) is 10.3 Å². The van der Waals surface area contributed by atoms with Crippen molar-refractivity contribution >= 4 is 23.6 Å². The van der Waals surface area contributed by atoms with Crippen LogP contribution < -0.4 is 5.32 Å². The third kappa shape index (κ3) is 5.31. The normalized spacial score (nSPS) is 37.7. The maximum Gasteiger partial charge on any atom is 0.309 e. The molecule has 2 N–H and O–H groups in total. The van der Waals surface area contributed by atoms with Crippen LogP contribution in [0.25, 0.3) is 0 Å². The van der Waals surface area contributed by atoms with Crippen LogP contribution in [0.15, 0.2) is 29.5 Å². The number of carbonyl (C=O) groups excluding carboxylic acids is 3. The van der Waals surface area contributed by atoms with Crippen LogP contribution in [0.4, 0.5) is 0 Å². The molecule has 8 heteroatoms. The van der Waals surface area contributed by atoms with Crippen LogP contribution in [0, 0.1) is 57.7 Å². The highest BCUT2D eigenvalue weighted by molar-refractivity contribution is 6.03. The molecule has 4 saturated carbocycles. The number of Topliss-reactive ketones (excluding diaryl/α,β-unsaturated/α-hetero) is 1. The zero-order chi connectivity index (χ0) is 36.8. The fraction of sp³-hybridized carbons (Fsp3) is 0.738. The van der Waals surface area contributed by atoms with Crippen LogP contribution in [0.2, 0.25) is 0 Å². The maximum atomic E-state index is 14.0. The van der Waals surface area contributed by atoms with Gasteiger partial charge in [-0.2, -0.15) is 0 Å². The van der Waals surface area contributed by atoms with Gasteiger partial charge in [-0.25, -0.2) is 0 Å². The van der Waals surface area contributed by atoms with Crippen molar-refractivity contribution in [3.05, 3.63) is 40.7 Å². The largest absolute Gasteiger partial charge is 0.481 e. The summed E-state index contributed by atoms with van der Waals surface area (Å²) in [5.74, 6) is -0.264. The summed E-state index contributed by atoms with van der Waals surface area (Å²) in [6.45, 7) is 21.3. The number of hydrogen-bond donors (Lipinski definition) is 2. The highest BCUT2D eigenvalue weighted by Crippen LogP contribution is 2.76. The molecule has 1 amide bonds. The molecule has 0 saturated heterocycles. The van der Waals surface area contributed by atoms with E-state index in [0.29, 0.717) is 29.5 Å². The van der Waals surface area contributed by atoms with Crippen molar-refractivity contribution < 1.29 is 29.0 Å². The molecule has 0 bridgehead atoms. The standard InChI is InChI=1S/C42H60N2O6/c1-24(2)33-28(45)22-42(44-35(47)26-12-11-21-43-25(26)3)20-19-40(9)27(34(33)42)13-14-30-39(8)17-16-31(50-32(46)23-37(4,5)36(48)49)38(6,7)29(39)15-18-41(30,40)10/h11-12,21,24,27,29-31H,13-20,22-23H2,1-10H3,(H,44,47)(H,48,49)/t27?,29-,30+,31-,39-,40+,41+,42+/m0/s1. The molecule has 0 radical (unpaired) electrons. The Hall–Kier alpha value is -3.03. The Balaban J connectivity index is 1.31. The summed E-state index contributed by atoms with van der Waals surface area (Å²) in [6, 6.07) is 3.62. The Bertz CT molecular complexity index is 1640. The van der Waals surface area contributed by atoms with Gasteiger partial charge in [0.15, 0.2) is 5.78 Å². The average molecular weight is 689 g/mol. The van der Waals surface area contributed by atoms with Crippen LogP contribution in [0.3, 0.4) is 0 Å². The monoisotopic (exact) mass is 688 g/mol. The number of hydrogen-bond acceptors (Lipinski definition) is 6. The Morgan fingerprint density at radius 2 is 1.68 bits per heavy atom. The summed E-state index contributed by atoms with van der Waals surface area (Å²) in [6.07, 6.45) is 9.23. The van der Waals surface area contributed by atoms with Gasteiger partial charge in [0.2, 0.25) is 0 Å². The van der Waals surface area contributed by atoms with E-state index in [-0.39, 0.29) is 57.7 Å². The van der Waals surface area contributed by atoms with Gasteiger partial charge in [-0.3, -0.25) is 24.2 Å². The van der Waals surface area contributed by atoms with Gasteiger partial charge < -0.3 is 15.2 Å². The number of aromatic nitrogens is 1. The predicted octanol–water partition coefficient (Wildman–Crippen LogP) is 8.27. The molecule has 0 aromatic carbocycles. The molecule has 8 atom stereocenters. The first kappa shape index (κ1) is 36.8. The molecule has 8 nitrogen and oxygen atoms in total. The Kier molecular flexibility index (Phi) is 8.83. The molecular weight excluding hydrogens is 628 g/mol. The molecule has 274 valence electrons. The average Bonchev–Trinajstić information content (AvgIpc) is 3.30. The second-order valence-electron chi connectivity index (χ2n) is 19.1. The summed E-state index contributed by atoms with van der Waals surface area (Å²) < 4.78 is 6.15. The lowest BCUT2D eigenvalue weighted by atomic mass is 9.33. The third-order valence-electron chi connectivity index (χ3n) is 15.4. The van der Waals surface area contributed by atoms with Crippen molar-refractivity contribution in [3.8, 4) is 0 Å². The van der Waals surface area contributed by atoms with Gasteiger partial charge in [-0.15, -0.1) is 0 Å². The van der Waals surface area contributed by atoms with Crippen molar-refractivity contribution in [2.75, 3.05) is 0 Å². The third-order valence-corrected chi connectivity index (χ3v) is 15.4. The quantitative estimate of drug-likeness (QED) is 0.277. The molecule has 0 aliphatic heterocycles. The van der Waals surface area contributed by atoms with E-state index in [1.807, 2.05) is 13.0 Å². The van der Waals surface area contributed by atoms with Crippen molar-refractivity contribution in [2.45, 2.75) is 145 Å². The number of aryl methyl sites for hydroxylation is 1. The summed E-state index contributed by atoms with van der Waals surface area (Å²) >= 11 is 0. The molecule has 1 aromatic rings. The lowest BCUT2D eigenvalue weighted by Crippen LogP contribution is -2.67. The topological polar surface area (TPSA) is 123 Å². The molecule has 1 aromatic heterocycles. The zero-order valence-corrected chi connectivity index (χ0v) is 32.1. The second kappa shape index (κ2) is 12.0. The minimum absolute atomic E-state index is 0.0309. The number of ether oxygens (including phenoxy) is 1. The van der Waals surface area contributed by atoms with Crippen molar-refractivity contribution in [3.63, 3.8) is 0 Å². The Morgan fingerprint density at radius 3 is 2.32 bits per heavy atom. The van der Waals surface area contributed by atoms with Gasteiger partial charge in [0.05, 0.1) is 22.9 Å². The van der Waals surface area contributed by atoms with Crippen LogP contribution in [0.5, 0.6) is 0 Å². The molecule has 50 heavy (non-hydrogen) atoms. The first-order valence-corrected chi connectivity index (χ1v) is 19.1. The minimum atomic E-state index is -1.17. The zero-order valence-electron chi connectivity index (χ0n) is 32.1. The first-order valence-electron chi connectivity index (χ1n) is 19.1. The smallest absolute Gasteiger partial charge is 0.309 e. The number of allylic oxidation sites excluding steroid dienone is 1. The lowest BCUT2D eigenvalue weighted by Gasteiger charge is -2.72. The number of amides is 1. The van der Waals surface area contributed by atoms with Crippen LogP contribution >= 0.6 is 0 Å². The number of nitrogens with one attached hydrogen (secondary N) is 1. The summed E-state index contributed by atoms with van der Waals surface area (Å²) in [7, 11) is 0. The van der Waals surface area contributed by atoms with Gasteiger partial charge in [-0.1, -0.05) is 48.5 Å². The SMILES string of the molecule is Cc1ncccc1C(=O)N[C@@]12CC[C@]3(C)C(CC[C@@H]4[C@@]5(C)CC[C@H](OC(=O)CC(C)(C)C(=O)O)C(C)(C)[C@@H]5CC[C@]43C)C1=C(C(C)C)C(=O)C2. The number of aliphatic carboxylic acids is 1. The summed E-state index contributed by atoms with van der Waals surface area (Å²) in [4.78, 5) is 57.0. The van der Waals surface area contributed by atoms with Gasteiger partial charge >= 0.3 is 11.9 Å². The molecule has 6 rings (SSSR count). The Morgan fingerprint density at radius 1 is 0.980 bits per heavy atom. The number of esters is 1.